The fraction of sp³-hybridized carbons (Fsp3) is 0.353. The number of rotatable bonds is 5. The minimum atomic E-state index is -0.0207. The summed E-state index contributed by atoms with van der Waals surface area (Å²) in [7, 11) is 0. The predicted octanol–water partition coefficient (Wildman–Crippen LogP) is 1.15. The van der Waals surface area contributed by atoms with Crippen molar-refractivity contribution < 1.29 is 4.79 Å². The number of benzene rings is 1. The lowest BCUT2D eigenvalue weighted by Gasteiger charge is -2.14. The number of nitrogens with one attached hydrogen (secondary N) is 2. The van der Waals surface area contributed by atoms with E-state index in [1.165, 1.54) is 5.57 Å². The van der Waals surface area contributed by atoms with E-state index in [1.807, 2.05) is 37.3 Å². The molecule has 0 atom stereocenters. The van der Waals surface area contributed by atoms with E-state index in [0.29, 0.717) is 12.2 Å². The van der Waals surface area contributed by atoms with E-state index in [-0.39, 0.29) is 12.3 Å². The molecular formula is C17H21N5O. The molecule has 1 aliphatic heterocycles. The number of carbonyl (C=O) groups is 1. The zero-order chi connectivity index (χ0) is 16.1. The van der Waals surface area contributed by atoms with E-state index in [1.54, 1.807) is 4.68 Å². The van der Waals surface area contributed by atoms with Gasteiger partial charge in [0.25, 0.3) is 0 Å². The standard InChI is InChI=1S/C17H21N5O/c1-13-16(20-21-22(13)15-5-3-2-4-6-15)11-17(23)19-12-14-7-9-18-10-8-14/h2-7,18H,8-12H2,1H3,(H,19,23). The normalized spacial score (nSPS) is 14.4. The maximum atomic E-state index is 12.1. The van der Waals surface area contributed by atoms with E-state index in [4.69, 9.17) is 0 Å². The number of amides is 1. The number of carbonyl (C=O) groups excluding carboxylic acids is 1. The van der Waals surface area contributed by atoms with Crippen LogP contribution in [0.15, 0.2) is 42.0 Å². The van der Waals surface area contributed by atoms with Crippen molar-refractivity contribution in [1.82, 2.24) is 25.6 Å². The molecule has 0 saturated carbocycles. The van der Waals surface area contributed by atoms with E-state index >= 15 is 0 Å². The molecule has 0 bridgehead atoms. The van der Waals surface area contributed by atoms with E-state index in [9.17, 15) is 4.79 Å². The minimum Gasteiger partial charge on any atom is -0.352 e. The van der Waals surface area contributed by atoms with Gasteiger partial charge in [-0.25, -0.2) is 4.68 Å². The first-order chi connectivity index (χ1) is 11.2. The van der Waals surface area contributed by atoms with Gasteiger partial charge in [-0.2, -0.15) is 0 Å². The highest BCUT2D eigenvalue weighted by Crippen LogP contribution is 2.12. The Morgan fingerprint density at radius 3 is 2.91 bits per heavy atom. The Balaban J connectivity index is 1.61. The Morgan fingerprint density at radius 2 is 2.17 bits per heavy atom. The van der Waals surface area contributed by atoms with Crippen LogP contribution in [-0.2, 0) is 11.2 Å². The third-order valence-corrected chi connectivity index (χ3v) is 3.99. The topological polar surface area (TPSA) is 71.8 Å². The van der Waals surface area contributed by atoms with Crippen LogP contribution in [0, 0.1) is 6.92 Å². The quantitative estimate of drug-likeness (QED) is 0.813. The summed E-state index contributed by atoms with van der Waals surface area (Å²) in [6.07, 6.45) is 3.38. The molecule has 1 aromatic heterocycles. The molecule has 0 unspecified atom stereocenters. The van der Waals surface area contributed by atoms with Gasteiger partial charge in [0, 0.05) is 13.1 Å². The summed E-state index contributed by atoms with van der Waals surface area (Å²) in [5.74, 6) is -0.0207. The van der Waals surface area contributed by atoms with Crippen molar-refractivity contribution in [3.8, 4) is 5.69 Å². The fourth-order valence-corrected chi connectivity index (χ4v) is 2.59. The Labute approximate surface area is 135 Å². The first-order valence-electron chi connectivity index (χ1n) is 7.86. The van der Waals surface area contributed by atoms with Crippen LogP contribution in [0.25, 0.3) is 5.69 Å². The molecule has 23 heavy (non-hydrogen) atoms. The zero-order valence-corrected chi connectivity index (χ0v) is 13.2. The molecule has 0 radical (unpaired) electrons. The summed E-state index contributed by atoms with van der Waals surface area (Å²) < 4.78 is 1.76. The second-order valence-electron chi connectivity index (χ2n) is 5.64. The molecule has 6 nitrogen and oxygen atoms in total. The number of nitrogens with zero attached hydrogens (tertiary/aromatic N) is 3. The van der Waals surface area contributed by atoms with E-state index < -0.39 is 0 Å². The third-order valence-electron chi connectivity index (χ3n) is 3.99. The SMILES string of the molecule is Cc1c(CC(=O)NCC2=CCNCC2)nnn1-c1ccccc1. The van der Waals surface area contributed by atoms with Crippen LogP contribution in [0.1, 0.15) is 17.8 Å². The highest BCUT2D eigenvalue weighted by atomic mass is 16.1. The van der Waals surface area contributed by atoms with Crippen molar-refractivity contribution in [2.75, 3.05) is 19.6 Å². The van der Waals surface area contributed by atoms with Crippen LogP contribution in [0.3, 0.4) is 0 Å². The molecule has 0 saturated heterocycles. The van der Waals surface area contributed by atoms with Gasteiger partial charge in [0.2, 0.25) is 5.91 Å². The average Bonchev–Trinajstić information content (AvgIpc) is 2.95. The highest BCUT2D eigenvalue weighted by Gasteiger charge is 2.14. The van der Waals surface area contributed by atoms with Gasteiger partial charge in [0.15, 0.2) is 0 Å². The molecule has 2 heterocycles. The Kier molecular flexibility index (Phi) is 4.83. The molecule has 1 aromatic carbocycles. The molecule has 0 spiro atoms. The lowest BCUT2D eigenvalue weighted by atomic mass is 10.1. The first-order valence-corrected chi connectivity index (χ1v) is 7.86. The van der Waals surface area contributed by atoms with Gasteiger partial charge in [0.05, 0.1) is 23.5 Å². The smallest absolute Gasteiger partial charge is 0.226 e. The van der Waals surface area contributed by atoms with Gasteiger partial charge in [-0.05, 0) is 32.0 Å². The molecule has 0 aliphatic carbocycles. The summed E-state index contributed by atoms with van der Waals surface area (Å²) in [4.78, 5) is 12.1. The third kappa shape index (κ3) is 3.84. The Bertz CT molecular complexity index is 705. The van der Waals surface area contributed by atoms with Crippen molar-refractivity contribution in [3.63, 3.8) is 0 Å². The molecule has 2 N–H and O–H groups in total. The highest BCUT2D eigenvalue weighted by molar-refractivity contribution is 5.78. The lowest BCUT2D eigenvalue weighted by Crippen LogP contribution is -2.30. The van der Waals surface area contributed by atoms with Crippen molar-refractivity contribution >= 4 is 5.91 Å². The van der Waals surface area contributed by atoms with Gasteiger partial charge in [-0.3, -0.25) is 4.79 Å². The molecule has 1 amide bonds. The number of para-hydroxylation sites is 1. The van der Waals surface area contributed by atoms with E-state index in [0.717, 1.165) is 30.9 Å². The van der Waals surface area contributed by atoms with Crippen molar-refractivity contribution in [2.24, 2.45) is 0 Å². The van der Waals surface area contributed by atoms with Gasteiger partial charge in [0.1, 0.15) is 0 Å². The number of hydrogen-bond acceptors (Lipinski definition) is 4. The monoisotopic (exact) mass is 311 g/mol. The second kappa shape index (κ2) is 7.19. The van der Waals surface area contributed by atoms with Gasteiger partial charge < -0.3 is 10.6 Å². The van der Waals surface area contributed by atoms with E-state index in [2.05, 4.69) is 27.0 Å². The molecule has 3 rings (SSSR count). The second-order valence-corrected chi connectivity index (χ2v) is 5.64. The summed E-state index contributed by atoms with van der Waals surface area (Å²) >= 11 is 0. The largest absolute Gasteiger partial charge is 0.352 e. The van der Waals surface area contributed by atoms with Crippen LogP contribution in [-0.4, -0.2) is 40.5 Å². The maximum absolute atomic E-state index is 12.1. The van der Waals surface area contributed by atoms with Gasteiger partial charge >= 0.3 is 0 Å². The Hall–Kier alpha value is -2.47. The lowest BCUT2D eigenvalue weighted by molar-refractivity contribution is -0.120. The number of aromatic nitrogens is 3. The molecule has 0 fully saturated rings. The average molecular weight is 311 g/mol. The van der Waals surface area contributed by atoms with Gasteiger partial charge in [-0.1, -0.05) is 35.1 Å². The molecule has 120 valence electrons. The minimum absolute atomic E-state index is 0.0207. The van der Waals surface area contributed by atoms with Crippen molar-refractivity contribution in [2.45, 2.75) is 19.8 Å². The fourth-order valence-electron chi connectivity index (χ4n) is 2.59. The summed E-state index contributed by atoms with van der Waals surface area (Å²) in [5.41, 5.74) is 3.84. The van der Waals surface area contributed by atoms with Gasteiger partial charge in [-0.15, -0.1) is 5.10 Å². The molecule has 2 aromatic rings. The van der Waals surface area contributed by atoms with Crippen LogP contribution >= 0.6 is 0 Å². The zero-order valence-electron chi connectivity index (χ0n) is 13.2. The van der Waals surface area contributed by atoms with Crippen molar-refractivity contribution in [3.05, 3.63) is 53.4 Å². The summed E-state index contributed by atoms with van der Waals surface area (Å²) in [6.45, 7) is 4.42. The molecular weight excluding hydrogens is 290 g/mol. The maximum Gasteiger partial charge on any atom is 0.226 e. The molecule has 6 heteroatoms. The summed E-state index contributed by atoms with van der Waals surface area (Å²) in [6, 6.07) is 9.80. The van der Waals surface area contributed by atoms with Crippen LogP contribution < -0.4 is 10.6 Å². The first kappa shape index (κ1) is 15.4. The van der Waals surface area contributed by atoms with Crippen LogP contribution in [0.5, 0.6) is 0 Å². The number of hydrogen-bond donors (Lipinski definition) is 2. The van der Waals surface area contributed by atoms with Crippen LogP contribution in [0.4, 0.5) is 0 Å². The van der Waals surface area contributed by atoms with Crippen molar-refractivity contribution in [1.29, 1.82) is 0 Å². The summed E-state index contributed by atoms with van der Waals surface area (Å²) in [5, 5.41) is 14.5. The van der Waals surface area contributed by atoms with Crippen LogP contribution in [0.2, 0.25) is 0 Å². The predicted molar refractivity (Wildman–Crippen MR) is 88.4 cm³/mol. The molecule has 1 aliphatic rings. The Morgan fingerprint density at radius 1 is 1.35 bits per heavy atom.